The molecule has 1 saturated carbocycles. The van der Waals surface area contributed by atoms with Gasteiger partial charge in [-0.3, -0.25) is 19.6 Å². The third kappa shape index (κ3) is 6.94. The summed E-state index contributed by atoms with van der Waals surface area (Å²) in [6.45, 7) is 5.15. The van der Waals surface area contributed by atoms with Gasteiger partial charge in [-0.25, -0.2) is 9.89 Å². The van der Waals surface area contributed by atoms with Gasteiger partial charge in [-0.1, -0.05) is 6.07 Å². The average molecular weight is 679 g/mol. The van der Waals surface area contributed by atoms with Crippen LogP contribution < -0.4 is 15.6 Å². The van der Waals surface area contributed by atoms with Crippen LogP contribution in [0.1, 0.15) is 86.3 Å². The first kappa shape index (κ1) is 33.9. The van der Waals surface area contributed by atoms with Crippen molar-refractivity contribution in [3.05, 3.63) is 92.9 Å². The van der Waals surface area contributed by atoms with Crippen molar-refractivity contribution in [1.82, 2.24) is 30.4 Å². The number of ether oxygens (including phenoxy) is 2. The standard InChI is InChI=1S/C35H37F3N6O5/c1-33(2,3)49-32(47)41-18-26-25-16-20(9-11-23(25)30(45)43-42-26)34(13-14-34)31(46)44(19-22-10-8-21(17-40-22)35(36,37)38)27-7-5-6-24-28(48-4)12-15-39-29(24)27/h8-12,15-17,27H,5-7,13-14,18-19H2,1-4H3,(H,41,47)(H,43,45). The lowest BCUT2D eigenvalue weighted by Gasteiger charge is -2.37. The number of aromatic nitrogens is 4. The van der Waals surface area contributed by atoms with Crippen LogP contribution in [0.4, 0.5) is 18.0 Å². The summed E-state index contributed by atoms with van der Waals surface area (Å²) in [5.74, 6) is 0.443. The predicted octanol–water partition coefficient (Wildman–Crippen LogP) is 5.90. The van der Waals surface area contributed by atoms with Gasteiger partial charge in [0.15, 0.2) is 0 Å². The number of halogens is 3. The van der Waals surface area contributed by atoms with Gasteiger partial charge >= 0.3 is 12.3 Å². The minimum Gasteiger partial charge on any atom is -0.496 e. The fourth-order valence-corrected chi connectivity index (χ4v) is 6.46. The van der Waals surface area contributed by atoms with E-state index in [1.807, 2.05) is 0 Å². The van der Waals surface area contributed by atoms with Crippen molar-refractivity contribution in [2.45, 2.75) is 89.2 Å². The van der Waals surface area contributed by atoms with E-state index in [4.69, 9.17) is 9.47 Å². The van der Waals surface area contributed by atoms with Gasteiger partial charge in [-0.2, -0.15) is 18.3 Å². The molecule has 1 atom stereocenters. The first-order chi connectivity index (χ1) is 23.2. The van der Waals surface area contributed by atoms with E-state index in [0.29, 0.717) is 64.9 Å². The largest absolute Gasteiger partial charge is 0.496 e. The van der Waals surface area contributed by atoms with Crippen LogP contribution in [-0.4, -0.2) is 49.8 Å². The number of carbonyl (C=O) groups excluding carboxylic acids is 2. The number of hydrogen-bond acceptors (Lipinski definition) is 8. The third-order valence-corrected chi connectivity index (χ3v) is 8.99. The smallest absolute Gasteiger partial charge is 0.417 e. The maximum absolute atomic E-state index is 14.9. The van der Waals surface area contributed by atoms with Gasteiger partial charge in [0, 0.05) is 23.3 Å². The molecule has 1 unspecified atom stereocenters. The molecular formula is C35H37F3N6O5. The summed E-state index contributed by atoms with van der Waals surface area (Å²) >= 11 is 0. The zero-order valence-corrected chi connectivity index (χ0v) is 27.6. The number of nitrogens with one attached hydrogen (secondary N) is 2. The van der Waals surface area contributed by atoms with Gasteiger partial charge in [-0.05, 0) is 88.8 Å². The normalized spacial score (nSPS) is 16.8. The fraction of sp³-hybridized carbons (Fsp3) is 0.429. The maximum atomic E-state index is 14.9. The summed E-state index contributed by atoms with van der Waals surface area (Å²) in [5, 5.41) is 10.1. The van der Waals surface area contributed by atoms with Crippen LogP contribution in [0.2, 0.25) is 0 Å². The van der Waals surface area contributed by atoms with Gasteiger partial charge in [-0.15, -0.1) is 0 Å². The van der Waals surface area contributed by atoms with Gasteiger partial charge in [0.1, 0.15) is 11.4 Å². The van der Waals surface area contributed by atoms with Crippen LogP contribution >= 0.6 is 0 Å². The highest BCUT2D eigenvalue weighted by molar-refractivity contribution is 5.94. The quantitative estimate of drug-likeness (QED) is 0.235. The number of alkyl carbamates (subject to hydrolysis) is 1. The highest BCUT2D eigenvalue weighted by Crippen LogP contribution is 2.52. The van der Waals surface area contributed by atoms with Gasteiger partial charge in [0.2, 0.25) is 5.91 Å². The van der Waals surface area contributed by atoms with Crippen molar-refractivity contribution < 1.29 is 32.2 Å². The van der Waals surface area contributed by atoms with E-state index in [9.17, 15) is 27.6 Å². The van der Waals surface area contributed by atoms with E-state index in [0.717, 1.165) is 24.2 Å². The van der Waals surface area contributed by atoms with E-state index in [-0.39, 0.29) is 19.0 Å². The zero-order valence-electron chi connectivity index (χ0n) is 27.6. The second-order valence-corrected chi connectivity index (χ2v) is 13.5. The molecule has 6 rings (SSSR count). The molecule has 0 bridgehead atoms. The molecule has 0 radical (unpaired) electrons. The Labute approximate surface area is 280 Å². The highest BCUT2D eigenvalue weighted by atomic mass is 19.4. The van der Waals surface area contributed by atoms with E-state index >= 15 is 0 Å². The molecule has 11 nitrogen and oxygen atoms in total. The van der Waals surface area contributed by atoms with Crippen LogP contribution in [0.3, 0.4) is 0 Å². The Bertz CT molecular complexity index is 1950. The van der Waals surface area contributed by atoms with Crippen LogP contribution in [0.5, 0.6) is 5.75 Å². The molecule has 2 N–H and O–H groups in total. The summed E-state index contributed by atoms with van der Waals surface area (Å²) in [7, 11) is 1.57. The Morgan fingerprint density at radius 2 is 1.86 bits per heavy atom. The molecule has 14 heteroatoms. The van der Waals surface area contributed by atoms with Crippen LogP contribution in [0, 0.1) is 0 Å². The zero-order chi connectivity index (χ0) is 35.1. The first-order valence-electron chi connectivity index (χ1n) is 16.0. The van der Waals surface area contributed by atoms with E-state index < -0.39 is 40.5 Å². The number of nitrogens with zero attached hydrogens (tertiary/aromatic N) is 4. The lowest BCUT2D eigenvalue weighted by molar-refractivity contribution is -0.139. The molecule has 3 aromatic heterocycles. The van der Waals surface area contributed by atoms with Crippen molar-refractivity contribution >= 4 is 22.8 Å². The third-order valence-electron chi connectivity index (χ3n) is 8.99. The summed E-state index contributed by atoms with van der Waals surface area (Å²) in [6.07, 6.45) is 0.288. The molecule has 2 aliphatic rings. The lowest BCUT2D eigenvalue weighted by atomic mass is 9.87. The van der Waals surface area contributed by atoms with Gasteiger partial charge < -0.3 is 19.7 Å². The molecule has 4 aromatic rings. The Morgan fingerprint density at radius 3 is 2.51 bits per heavy atom. The van der Waals surface area contributed by atoms with Crippen molar-refractivity contribution in [3.8, 4) is 5.75 Å². The number of benzene rings is 1. The number of H-pyrrole nitrogens is 1. The summed E-state index contributed by atoms with van der Waals surface area (Å²) in [4.78, 5) is 50.4. The van der Waals surface area contributed by atoms with Gasteiger partial charge in [0.05, 0.1) is 59.7 Å². The Balaban J connectivity index is 1.38. The van der Waals surface area contributed by atoms with E-state index in [1.165, 1.54) is 6.07 Å². The number of alkyl halides is 3. The molecular weight excluding hydrogens is 641 g/mol. The first-order valence-corrected chi connectivity index (χ1v) is 16.0. The molecule has 2 amide bonds. The number of methoxy groups -OCH3 is 1. The number of hydrogen-bond donors (Lipinski definition) is 2. The molecule has 0 spiro atoms. The monoisotopic (exact) mass is 678 g/mol. The van der Waals surface area contributed by atoms with Crippen molar-refractivity contribution in [3.63, 3.8) is 0 Å². The second-order valence-electron chi connectivity index (χ2n) is 13.5. The topological polar surface area (TPSA) is 139 Å². The van der Waals surface area contributed by atoms with Crippen molar-refractivity contribution in [2.24, 2.45) is 0 Å². The molecule has 1 fully saturated rings. The number of rotatable bonds is 8. The number of amides is 2. The number of fused-ring (bicyclic) bond motifs is 2. The van der Waals surface area contributed by atoms with Crippen molar-refractivity contribution in [1.29, 1.82) is 0 Å². The molecule has 3 heterocycles. The average Bonchev–Trinajstić information content (AvgIpc) is 3.87. The number of aromatic amines is 1. The molecule has 1 aromatic carbocycles. The van der Waals surface area contributed by atoms with Crippen LogP contribution in [0.15, 0.2) is 53.6 Å². The Hall–Kier alpha value is -5.01. The lowest BCUT2D eigenvalue weighted by Crippen LogP contribution is -2.43. The fourth-order valence-electron chi connectivity index (χ4n) is 6.46. The van der Waals surface area contributed by atoms with E-state index in [2.05, 4.69) is 25.5 Å². The molecule has 258 valence electrons. The van der Waals surface area contributed by atoms with Crippen LogP contribution in [0.25, 0.3) is 10.8 Å². The maximum Gasteiger partial charge on any atom is 0.417 e. The van der Waals surface area contributed by atoms with E-state index in [1.54, 1.807) is 63.2 Å². The van der Waals surface area contributed by atoms with Crippen molar-refractivity contribution in [2.75, 3.05) is 7.11 Å². The van der Waals surface area contributed by atoms with Crippen LogP contribution in [-0.2, 0) is 40.6 Å². The predicted molar refractivity (Wildman–Crippen MR) is 173 cm³/mol. The highest BCUT2D eigenvalue weighted by Gasteiger charge is 2.54. The summed E-state index contributed by atoms with van der Waals surface area (Å²) < 4.78 is 50.9. The SMILES string of the molecule is COc1ccnc2c1CCCC2N(Cc1ccc(C(F)(F)F)cn1)C(=O)C1(c2ccc3c(=O)[nH]nc(CNC(=O)OC(C)(C)C)c3c2)CC1. The Kier molecular flexibility index (Phi) is 8.84. The summed E-state index contributed by atoms with van der Waals surface area (Å²) in [5.41, 5.74) is -0.0469. The molecule has 49 heavy (non-hydrogen) atoms. The minimum atomic E-state index is -4.55. The molecule has 2 aliphatic carbocycles. The second kappa shape index (κ2) is 12.8. The number of carbonyl (C=O) groups is 2. The molecule has 0 aliphatic heterocycles. The minimum absolute atomic E-state index is 0.0370. The van der Waals surface area contributed by atoms with Gasteiger partial charge in [0.25, 0.3) is 5.56 Å². The number of pyridine rings is 2. The Morgan fingerprint density at radius 1 is 1.08 bits per heavy atom. The summed E-state index contributed by atoms with van der Waals surface area (Å²) in [6, 6.07) is 8.70. The molecule has 0 saturated heterocycles.